The smallest absolute Gasteiger partial charge is 0.261 e. The minimum atomic E-state index is -2.52. The number of Topliss-reactive ketones (excluding diaryl/α,β-unsaturated/α-hetero) is 1. The quantitative estimate of drug-likeness (QED) is 0.719. The van der Waals surface area contributed by atoms with Crippen LogP contribution in [0.15, 0.2) is 22.7 Å². The summed E-state index contributed by atoms with van der Waals surface area (Å²) in [6, 6.07) is 4.30. The van der Waals surface area contributed by atoms with Gasteiger partial charge in [0.1, 0.15) is 18.2 Å². The van der Waals surface area contributed by atoms with Crippen LogP contribution < -0.4 is 0 Å². The third-order valence-electron chi connectivity index (χ3n) is 2.15. The number of carbonyl (C=O) groups excluding carboxylic acids is 1. The van der Waals surface area contributed by atoms with Gasteiger partial charge in [-0.1, -0.05) is 6.07 Å². The topological polar surface area (TPSA) is 26.3 Å². The summed E-state index contributed by atoms with van der Waals surface area (Å²) in [5.74, 6) is -0.533. The van der Waals surface area contributed by atoms with Gasteiger partial charge in [-0.05, 0) is 33.6 Å². The Morgan fingerprint density at radius 3 is 2.72 bits per heavy atom. The molecule has 0 fully saturated rings. The zero-order valence-electron chi connectivity index (χ0n) is 9.47. The molecule has 0 spiro atoms. The molecule has 0 atom stereocenters. The van der Waals surface area contributed by atoms with Gasteiger partial charge in [-0.25, -0.2) is 13.2 Å². The SMILES string of the molecule is O=C(CCOCC(F)F)Cc1ccc(F)c(Br)c1. The normalized spacial score (nSPS) is 10.9. The van der Waals surface area contributed by atoms with Crippen LogP contribution in [-0.4, -0.2) is 25.4 Å². The third kappa shape index (κ3) is 5.64. The average molecular weight is 325 g/mol. The Labute approximate surface area is 111 Å². The Kier molecular flexibility index (Phi) is 6.35. The minimum absolute atomic E-state index is 0.0223. The number of hydrogen-bond donors (Lipinski definition) is 0. The fourth-order valence-electron chi connectivity index (χ4n) is 1.32. The van der Waals surface area contributed by atoms with Crippen LogP contribution >= 0.6 is 15.9 Å². The van der Waals surface area contributed by atoms with E-state index in [0.29, 0.717) is 10.0 Å². The molecular formula is C12H12BrF3O2. The molecule has 0 saturated heterocycles. The lowest BCUT2D eigenvalue weighted by molar-refractivity contribution is -0.119. The van der Waals surface area contributed by atoms with Crippen molar-refractivity contribution < 1.29 is 22.7 Å². The van der Waals surface area contributed by atoms with Gasteiger partial charge in [-0.2, -0.15) is 0 Å². The molecule has 0 aliphatic heterocycles. The molecule has 0 N–H and O–H groups in total. The molecule has 0 aromatic heterocycles. The lowest BCUT2D eigenvalue weighted by atomic mass is 10.1. The first-order valence-electron chi connectivity index (χ1n) is 5.30. The van der Waals surface area contributed by atoms with E-state index in [0.717, 1.165) is 0 Å². The van der Waals surface area contributed by atoms with Crippen molar-refractivity contribution in [1.82, 2.24) is 0 Å². The summed E-state index contributed by atoms with van der Waals surface area (Å²) >= 11 is 3.02. The van der Waals surface area contributed by atoms with E-state index in [1.165, 1.54) is 18.2 Å². The van der Waals surface area contributed by atoms with E-state index in [4.69, 9.17) is 0 Å². The fourth-order valence-corrected chi connectivity index (χ4v) is 1.75. The maximum atomic E-state index is 12.9. The van der Waals surface area contributed by atoms with Crippen LogP contribution in [0.2, 0.25) is 0 Å². The van der Waals surface area contributed by atoms with Crippen LogP contribution in [-0.2, 0) is 16.0 Å². The van der Waals surface area contributed by atoms with Crippen molar-refractivity contribution in [3.05, 3.63) is 34.1 Å². The molecule has 18 heavy (non-hydrogen) atoms. The Hall–Kier alpha value is -0.880. The fraction of sp³-hybridized carbons (Fsp3) is 0.417. The van der Waals surface area contributed by atoms with Gasteiger partial charge in [0.25, 0.3) is 6.43 Å². The van der Waals surface area contributed by atoms with E-state index >= 15 is 0 Å². The van der Waals surface area contributed by atoms with E-state index in [1.54, 1.807) is 0 Å². The second-order valence-electron chi connectivity index (χ2n) is 3.68. The third-order valence-corrected chi connectivity index (χ3v) is 2.76. The van der Waals surface area contributed by atoms with Gasteiger partial charge in [-0.15, -0.1) is 0 Å². The molecule has 0 unspecified atom stereocenters. The molecule has 1 rings (SSSR count). The number of alkyl halides is 2. The predicted octanol–water partition coefficient (Wildman–Crippen LogP) is 3.37. The molecule has 0 amide bonds. The summed E-state index contributed by atoms with van der Waals surface area (Å²) in [5.41, 5.74) is 0.669. The Balaban J connectivity index is 2.33. The molecule has 2 nitrogen and oxygen atoms in total. The standard InChI is InChI=1S/C12H12BrF3O2/c13-10-6-8(1-2-11(10)14)5-9(17)3-4-18-7-12(15)16/h1-2,6,12H,3-5,7H2. The number of ketones is 1. The van der Waals surface area contributed by atoms with Gasteiger partial charge >= 0.3 is 0 Å². The maximum absolute atomic E-state index is 12.9. The first-order valence-corrected chi connectivity index (χ1v) is 6.10. The number of hydrogen-bond acceptors (Lipinski definition) is 2. The molecule has 1 aromatic rings. The number of rotatable bonds is 7. The Bertz CT molecular complexity index is 410. The van der Waals surface area contributed by atoms with E-state index < -0.39 is 18.8 Å². The first kappa shape index (κ1) is 15.2. The highest BCUT2D eigenvalue weighted by Gasteiger charge is 2.07. The van der Waals surface area contributed by atoms with Gasteiger partial charge in [0.05, 0.1) is 11.1 Å². The van der Waals surface area contributed by atoms with E-state index in [9.17, 15) is 18.0 Å². The van der Waals surface area contributed by atoms with Crippen LogP contribution in [0.1, 0.15) is 12.0 Å². The summed E-state index contributed by atoms with van der Waals surface area (Å²) < 4.78 is 41.3. The second kappa shape index (κ2) is 7.53. The van der Waals surface area contributed by atoms with Crippen LogP contribution in [0.5, 0.6) is 0 Å². The first-order chi connectivity index (χ1) is 8.49. The van der Waals surface area contributed by atoms with Crippen molar-refractivity contribution in [2.45, 2.75) is 19.3 Å². The van der Waals surface area contributed by atoms with E-state index in [2.05, 4.69) is 20.7 Å². The molecule has 1 aromatic carbocycles. The van der Waals surface area contributed by atoms with E-state index in [1.807, 2.05) is 0 Å². The minimum Gasteiger partial charge on any atom is -0.375 e. The summed E-state index contributed by atoms with van der Waals surface area (Å²) in [6.45, 7) is -0.680. The van der Waals surface area contributed by atoms with Crippen LogP contribution in [0.3, 0.4) is 0 Å². The molecule has 0 aliphatic rings. The molecule has 0 heterocycles. The molecule has 0 bridgehead atoms. The van der Waals surface area contributed by atoms with Gasteiger partial charge in [0.15, 0.2) is 0 Å². The van der Waals surface area contributed by atoms with E-state index in [-0.39, 0.29) is 25.2 Å². The number of ether oxygens (including phenoxy) is 1. The molecular weight excluding hydrogens is 313 g/mol. The molecule has 0 saturated carbocycles. The zero-order valence-corrected chi connectivity index (χ0v) is 11.1. The second-order valence-corrected chi connectivity index (χ2v) is 4.53. The Morgan fingerprint density at radius 1 is 1.39 bits per heavy atom. The monoisotopic (exact) mass is 324 g/mol. The highest BCUT2D eigenvalue weighted by molar-refractivity contribution is 9.10. The van der Waals surface area contributed by atoms with Crippen molar-refractivity contribution in [2.75, 3.05) is 13.2 Å². The summed E-state index contributed by atoms with van der Waals surface area (Å²) in [4.78, 5) is 11.5. The van der Waals surface area contributed by atoms with Gasteiger partial charge in [0, 0.05) is 12.8 Å². The van der Waals surface area contributed by atoms with Crippen molar-refractivity contribution in [1.29, 1.82) is 0 Å². The van der Waals surface area contributed by atoms with Gasteiger partial charge in [0.2, 0.25) is 0 Å². The van der Waals surface area contributed by atoms with Crippen LogP contribution in [0.25, 0.3) is 0 Å². The van der Waals surface area contributed by atoms with Crippen LogP contribution in [0.4, 0.5) is 13.2 Å². The van der Waals surface area contributed by atoms with Crippen LogP contribution in [0, 0.1) is 5.82 Å². The lowest BCUT2D eigenvalue weighted by Crippen LogP contribution is -2.10. The van der Waals surface area contributed by atoms with Gasteiger partial charge in [-0.3, -0.25) is 4.79 Å². The van der Waals surface area contributed by atoms with Crippen molar-refractivity contribution in [2.24, 2.45) is 0 Å². The number of halogens is 4. The lowest BCUT2D eigenvalue weighted by Gasteiger charge is -2.04. The highest BCUT2D eigenvalue weighted by atomic mass is 79.9. The Morgan fingerprint density at radius 2 is 2.11 bits per heavy atom. The van der Waals surface area contributed by atoms with Crippen molar-refractivity contribution in [3.63, 3.8) is 0 Å². The number of carbonyl (C=O) groups is 1. The van der Waals surface area contributed by atoms with Gasteiger partial charge < -0.3 is 4.74 Å². The predicted molar refractivity (Wildman–Crippen MR) is 64.3 cm³/mol. The zero-order chi connectivity index (χ0) is 13.5. The molecule has 100 valence electrons. The van der Waals surface area contributed by atoms with Crippen molar-refractivity contribution in [3.8, 4) is 0 Å². The largest absolute Gasteiger partial charge is 0.375 e. The summed E-state index contributed by atoms with van der Waals surface area (Å²) in [6.07, 6.45) is -2.31. The summed E-state index contributed by atoms with van der Waals surface area (Å²) in [7, 11) is 0. The molecule has 6 heteroatoms. The number of benzene rings is 1. The summed E-state index contributed by atoms with van der Waals surface area (Å²) in [5, 5.41) is 0. The highest BCUT2D eigenvalue weighted by Crippen LogP contribution is 2.17. The maximum Gasteiger partial charge on any atom is 0.261 e. The average Bonchev–Trinajstić information content (AvgIpc) is 2.29. The van der Waals surface area contributed by atoms with Crippen molar-refractivity contribution >= 4 is 21.7 Å². The molecule has 0 radical (unpaired) electrons. The molecule has 0 aliphatic carbocycles.